The number of carbonyl (C=O) groups is 1. The summed E-state index contributed by atoms with van der Waals surface area (Å²) in [6.07, 6.45) is 0.382. The zero-order valence-electron chi connectivity index (χ0n) is 8.71. The van der Waals surface area contributed by atoms with Gasteiger partial charge in [-0.3, -0.25) is 4.79 Å². The summed E-state index contributed by atoms with van der Waals surface area (Å²) in [6, 6.07) is 7.65. The minimum Gasteiger partial charge on any atom is -0.355 e. The second-order valence-electron chi connectivity index (χ2n) is 3.09. The van der Waals surface area contributed by atoms with Crippen LogP contribution in [0.1, 0.15) is 6.42 Å². The van der Waals surface area contributed by atoms with E-state index in [0.717, 1.165) is 15.7 Å². The summed E-state index contributed by atoms with van der Waals surface area (Å²) in [5.41, 5.74) is 0. The fraction of sp³-hybridized carbons (Fsp3) is 0.364. The van der Waals surface area contributed by atoms with Crippen LogP contribution in [0, 0.1) is 0 Å². The van der Waals surface area contributed by atoms with Gasteiger partial charge in [0.15, 0.2) is 0 Å². The number of halogens is 2. The van der Waals surface area contributed by atoms with Crippen molar-refractivity contribution in [2.24, 2.45) is 0 Å². The molecule has 16 heavy (non-hydrogen) atoms. The highest BCUT2D eigenvalue weighted by molar-refractivity contribution is 7.99. The van der Waals surface area contributed by atoms with Gasteiger partial charge in [0, 0.05) is 34.5 Å². The van der Waals surface area contributed by atoms with Crippen molar-refractivity contribution >= 4 is 40.9 Å². The van der Waals surface area contributed by atoms with E-state index in [-0.39, 0.29) is 5.91 Å². The summed E-state index contributed by atoms with van der Waals surface area (Å²) < 4.78 is 0. The van der Waals surface area contributed by atoms with E-state index in [4.69, 9.17) is 23.2 Å². The van der Waals surface area contributed by atoms with Crippen LogP contribution < -0.4 is 5.32 Å². The summed E-state index contributed by atoms with van der Waals surface area (Å²) in [5.74, 6) is 1.22. The molecular formula is C11H13Cl2NOS. The Morgan fingerprint density at radius 1 is 1.31 bits per heavy atom. The van der Waals surface area contributed by atoms with Gasteiger partial charge < -0.3 is 5.32 Å². The van der Waals surface area contributed by atoms with Gasteiger partial charge in [-0.1, -0.05) is 11.6 Å². The Morgan fingerprint density at radius 2 is 2.00 bits per heavy atom. The highest BCUT2D eigenvalue weighted by Crippen LogP contribution is 2.19. The molecule has 1 aromatic carbocycles. The van der Waals surface area contributed by atoms with E-state index in [1.54, 1.807) is 11.8 Å². The number of hydrogen-bond donors (Lipinski definition) is 1. The van der Waals surface area contributed by atoms with E-state index < -0.39 is 0 Å². The smallest absolute Gasteiger partial charge is 0.221 e. The van der Waals surface area contributed by atoms with Crippen LogP contribution in [-0.2, 0) is 4.79 Å². The maximum absolute atomic E-state index is 11.1. The van der Waals surface area contributed by atoms with Gasteiger partial charge in [0.05, 0.1) is 0 Å². The first-order valence-electron chi connectivity index (χ1n) is 4.93. The van der Waals surface area contributed by atoms with E-state index in [1.807, 2.05) is 24.3 Å². The molecule has 0 atom stereocenters. The molecule has 2 nitrogen and oxygen atoms in total. The minimum absolute atomic E-state index is 0.00621. The van der Waals surface area contributed by atoms with Gasteiger partial charge in [0.1, 0.15) is 0 Å². The lowest BCUT2D eigenvalue weighted by Crippen LogP contribution is -2.25. The zero-order chi connectivity index (χ0) is 11.8. The lowest BCUT2D eigenvalue weighted by Gasteiger charge is -2.04. The first-order chi connectivity index (χ1) is 7.72. The topological polar surface area (TPSA) is 29.1 Å². The van der Waals surface area contributed by atoms with E-state index in [9.17, 15) is 4.79 Å². The maximum Gasteiger partial charge on any atom is 0.221 e. The third-order valence-corrected chi connectivity index (χ3v) is 3.28. The number of nitrogens with one attached hydrogen (secondary N) is 1. The average molecular weight is 278 g/mol. The van der Waals surface area contributed by atoms with Crippen LogP contribution in [0.25, 0.3) is 0 Å². The van der Waals surface area contributed by atoms with E-state index in [1.165, 1.54) is 0 Å². The Labute approximate surface area is 110 Å². The molecule has 0 spiro atoms. The molecule has 1 aromatic rings. The molecule has 0 heterocycles. The number of alkyl halides is 1. The summed E-state index contributed by atoms with van der Waals surface area (Å²) in [4.78, 5) is 12.2. The highest BCUT2D eigenvalue weighted by atomic mass is 35.5. The number of rotatable bonds is 6. The third-order valence-electron chi connectivity index (χ3n) is 1.83. The predicted molar refractivity (Wildman–Crippen MR) is 70.5 cm³/mol. The molecule has 0 aliphatic heterocycles. The molecule has 0 saturated carbocycles. The standard InChI is InChI=1S/C11H13Cl2NOS/c12-6-5-11(15)14-7-8-16-10-3-1-9(13)2-4-10/h1-4H,5-8H2,(H,14,15). The Kier molecular flexibility index (Phi) is 6.69. The van der Waals surface area contributed by atoms with Crippen molar-refractivity contribution in [3.05, 3.63) is 29.3 Å². The van der Waals surface area contributed by atoms with Crippen LogP contribution in [0.3, 0.4) is 0 Å². The second-order valence-corrected chi connectivity index (χ2v) is 5.07. The summed E-state index contributed by atoms with van der Waals surface area (Å²) in [6.45, 7) is 0.656. The molecule has 0 radical (unpaired) electrons. The van der Waals surface area contributed by atoms with Crippen LogP contribution in [0.15, 0.2) is 29.2 Å². The molecule has 0 aliphatic rings. The predicted octanol–water partition coefficient (Wildman–Crippen LogP) is 3.18. The van der Waals surface area contributed by atoms with Crippen LogP contribution in [0.4, 0.5) is 0 Å². The minimum atomic E-state index is 0.00621. The van der Waals surface area contributed by atoms with Crippen LogP contribution >= 0.6 is 35.0 Å². The van der Waals surface area contributed by atoms with Gasteiger partial charge in [-0.2, -0.15) is 0 Å². The number of amides is 1. The molecule has 0 fully saturated rings. The van der Waals surface area contributed by atoms with Gasteiger partial charge >= 0.3 is 0 Å². The zero-order valence-corrected chi connectivity index (χ0v) is 11.0. The van der Waals surface area contributed by atoms with Crippen molar-refractivity contribution < 1.29 is 4.79 Å². The van der Waals surface area contributed by atoms with Crippen molar-refractivity contribution in [3.63, 3.8) is 0 Å². The summed E-state index contributed by atoms with van der Waals surface area (Å²) in [7, 11) is 0. The quantitative estimate of drug-likeness (QED) is 0.492. The molecule has 0 bridgehead atoms. The van der Waals surface area contributed by atoms with Crippen molar-refractivity contribution in [2.75, 3.05) is 18.2 Å². The third kappa shape index (κ3) is 5.64. The Morgan fingerprint density at radius 3 is 2.62 bits per heavy atom. The fourth-order valence-electron chi connectivity index (χ4n) is 1.06. The Hall–Kier alpha value is -0.380. The molecule has 0 aromatic heterocycles. The van der Waals surface area contributed by atoms with Crippen molar-refractivity contribution in [3.8, 4) is 0 Å². The molecule has 1 amide bonds. The maximum atomic E-state index is 11.1. The number of hydrogen-bond acceptors (Lipinski definition) is 2. The highest BCUT2D eigenvalue weighted by Gasteiger charge is 1.99. The van der Waals surface area contributed by atoms with E-state index in [0.29, 0.717) is 18.8 Å². The molecule has 0 saturated heterocycles. The largest absolute Gasteiger partial charge is 0.355 e. The molecule has 1 N–H and O–H groups in total. The van der Waals surface area contributed by atoms with E-state index in [2.05, 4.69) is 5.32 Å². The SMILES string of the molecule is O=C(CCCl)NCCSc1ccc(Cl)cc1. The van der Waals surface area contributed by atoms with Crippen molar-refractivity contribution in [1.82, 2.24) is 5.32 Å². The normalized spacial score (nSPS) is 10.1. The van der Waals surface area contributed by atoms with Crippen molar-refractivity contribution in [2.45, 2.75) is 11.3 Å². The van der Waals surface area contributed by atoms with Gasteiger partial charge in [-0.05, 0) is 24.3 Å². The van der Waals surface area contributed by atoms with Crippen LogP contribution in [0.5, 0.6) is 0 Å². The van der Waals surface area contributed by atoms with Gasteiger partial charge in [0.25, 0.3) is 0 Å². The second kappa shape index (κ2) is 7.82. The first-order valence-corrected chi connectivity index (χ1v) is 6.83. The van der Waals surface area contributed by atoms with Crippen LogP contribution in [-0.4, -0.2) is 24.1 Å². The Balaban J connectivity index is 2.16. The monoisotopic (exact) mass is 277 g/mol. The number of benzene rings is 1. The molecular weight excluding hydrogens is 265 g/mol. The van der Waals surface area contributed by atoms with Gasteiger partial charge in [-0.15, -0.1) is 23.4 Å². The summed E-state index contributed by atoms with van der Waals surface area (Å²) in [5, 5.41) is 3.53. The molecule has 88 valence electrons. The lowest BCUT2D eigenvalue weighted by molar-refractivity contribution is -0.120. The van der Waals surface area contributed by atoms with Gasteiger partial charge in [0.2, 0.25) is 5.91 Å². The number of thioether (sulfide) groups is 1. The lowest BCUT2D eigenvalue weighted by atomic mass is 10.4. The fourth-order valence-corrected chi connectivity index (χ4v) is 2.13. The molecule has 5 heteroatoms. The molecule has 1 rings (SSSR count). The first kappa shape index (κ1) is 13.7. The average Bonchev–Trinajstić information content (AvgIpc) is 2.27. The Bertz CT molecular complexity index is 329. The molecule has 0 unspecified atom stereocenters. The number of carbonyl (C=O) groups excluding carboxylic acids is 1. The summed E-state index contributed by atoms with van der Waals surface area (Å²) >= 11 is 12.9. The van der Waals surface area contributed by atoms with Crippen molar-refractivity contribution in [1.29, 1.82) is 0 Å². The van der Waals surface area contributed by atoms with E-state index >= 15 is 0 Å². The van der Waals surface area contributed by atoms with Gasteiger partial charge in [-0.25, -0.2) is 0 Å². The molecule has 0 aliphatic carbocycles. The van der Waals surface area contributed by atoms with Crippen LogP contribution in [0.2, 0.25) is 5.02 Å².